The fourth-order valence-electron chi connectivity index (χ4n) is 1.53. The van der Waals surface area contributed by atoms with E-state index in [1.807, 2.05) is 0 Å². The molecule has 0 spiro atoms. The van der Waals surface area contributed by atoms with Crippen LogP contribution in [0.5, 0.6) is 0 Å². The molecule has 0 radical (unpaired) electrons. The number of carbonyl (C=O) groups is 2. The van der Waals surface area contributed by atoms with Crippen LogP contribution < -0.4 is 10.7 Å². The molecule has 2 rings (SSSR count). The zero-order valence-electron chi connectivity index (χ0n) is 10.7. The molecular formula is C11H13N5O2S. The maximum absolute atomic E-state index is 11.3. The van der Waals surface area contributed by atoms with Crippen LogP contribution in [0.4, 0.5) is 11.8 Å². The first-order valence-corrected chi connectivity index (χ1v) is 6.44. The summed E-state index contributed by atoms with van der Waals surface area (Å²) in [6.07, 6.45) is 0. The van der Waals surface area contributed by atoms with E-state index in [1.165, 1.54) is 18.9 Å². The lowest BCUT2D eigenvalue weighted by atomic mass is 10.2. The van der Waals surface area contributed by atoms with Crippen molar-refractivity contribution in [3.05, 3.63) is 11.8 Å². The van der Waals surface area contributed by atoms with Gasteiger partial charge in [0, 0.05) is 11.8 Å². The van der Waals surface area contributed by atoms with Gasteiger partial charge in [-0.3, -0.25) is 9.59 Å². The number of amidine groups is 1. The molecule has 0 fully saturated rings. The molecular weight excluding hydrogens is 266 g/mol. The van der Waals surface area contributed by atoms with E-state index >= 15 is 0 Å². The van der Waals surface area contributed by atoms with Gasteiger partial charge in [0.25, 0.3) is 0 Å². The molecule has 2 heterocycles. The lowest BCUT2D eigenvalue weighted by Gasteiger charge is -2.07. The molecule has 19 heavy (non-hydrogen) atoms. The summed E-state index contributed by atoms with van der Waals surface area (Å²) >= 11 is 1.12. The van der Waals surface area contributed by atoms with Gasteiger partial charge in [-0.2, -0.15) is 9.99 Å². The minimum atomic E-state index is -0.718. The Labute approximate surface area is 114 Å². The number of Topliss-reactive ketones (excluding diaryl/α,β-unsaturated/α-hetero) is 2. The number of aromatic nitrogens is 2. The molecule has 0 aromatic carbocycles. The first-order valence-electron chi connectivity index (χ1n) is 5.56. The third kappa shape index (κ3) is 3.08. The highest BCUT2D eigenvalue weighted by Crippen LogP contribution is 2.31. The Hall–Kier alpha value is -1.96. The summed E-state index contributed by atoms with van der Waals surface area (Å²) in [6, 6.07) is 1.73. The molecule has 1 aliphatic rings. The van der Waals surface area contributed by atoms with Crippen molar-refractivity contribution in [2.45, 2.75) is 26.0 Å². The van der Waals surface area contributed by atoms with E-state index in [9.17, 15) is 9.59 Å². The van der Waals surface area contributed by atoms with E-state index in [2.05, 4.69) is 15.1 Å². The van der Waals surface area contributed by atoms with Gasteiger partial charge in [-0.05, 0) is 20.8 Å². The Morgan fingerprint density at radius 3 is 2.47 bits per heavy atom. The Morgan fingerprint density at radius 2 is 1.95 bits per heavy atom. The van der Waals surface area contributed by atoms with Crippen LogP contribution >= 0.6 is 11.8 Å². The zero-order valence-corrected chi connectivity index (χ0v) is 11.6. The normalized spacial score (nSPS) is 13.5. The highest BCUT2D eigenvalue weighted by atomic mass is 32.2. The summed E-state index contributed by atoms with van der Waals surface area (Å²) in [5.74, 6) is 0.324. The Balaban J connectivity index is 2.06. The molecule has 8 heteroatoms. The summed E-state index contributed by atoms with van der Waals surface area (Å²) < 4.78 is 0. The second-order valence-corrected chi connectivity index (χ2v) is 5.21. The average Bonchev–Trinajstić information content (AvgIpc) is 3.02. The third-order valence-electron chi connectivity index (χ3n) is 2.36. The van der Waals surface area contributed by atoms with Gasteiger partial charge in [0.1, 0.15) is 5.25 Å². The summed E-state index contributed by atoms with van der Waals surface area (Å²) in [6.45, 7) is 4.57. The molecule has 2 N–H and O–H groups in total. The van der Waals surface area contributed by atoms with Crippen molar-refractivity contribution in [3.63, 3.8) is 0 Å². The Kier molecular flexibility index (Phi) is 3.52. The van der Waals surface area contributed by atoms with Crippen molar-refractivity contribution >= 4 is 40.3 Å². The van der Waals surface area contributed by atoms with Crippen molar-refractivity contribution in [2.75, 3.05) is 10.7 Å². The molecule has 0 aliphatic carbocycles. The molecule has 7 nitrogen and oxygen atoms in total. The molecule has 0 atom stereocenters. The number of nitrogen functional groups attached to an aromatic ring is 1. The maximum Gasteiger partial charge on any atom is 0.222 e. The smallest absolute Gasteiger partial charge is 0.222 e. The van der Waals surface area contributed by atoms with Gasteiger partial charge in [-0.15, -0.1) is 5.10 Å². The number of anilines is 2. The summed E-state index contributed by atoms with van der Waals surface area (Å²) in [4.78, 5) is 30.7. The van der Waals surface area contributed by atoms with Crippen molar-refractivity contribution in [1.82, 2.24) is 9.97 Å². The van der Waals surface area contributed by atoms with Crippen molar-refractivity contribution < 1.29 is 9.59 Å². The van der Waals surface area contributed by atoms with Gasteiger partial charge in [0.15, 0.2) is 17.4 Å². The van der Waals surface area contributed by atoms with Gasteiger partial charge in [0.2, 0.25) is 11.1 Å². The van der Waals surface area contributed by atoms with Crippen LogP contribution in [0.3, 0.4) is 0 Å². The first-order chi connectivity index (χ1) is 8.88. The van der Waals surface area contributed by atoms with Gasteiger partial charge >= 0.3 is 0 Å². The average molecular weight is 279 g/mol. The number of nitrogens with zero attached hydrogens (tertiary/aromatic N) is 4. The summed E-state index contributed by atoms with van der Waals surface area (Å²) in [5.41, 5.74) is 6.28. The van der Waals surface area contributed by atoms with Crippen LogP contribution in [0.1, 0.15) is 19.5 Å². The Morgan fingerprint density at radius 1 is 1.32 bits per heavy atom. The van der Waals surface area contributed by atoms with Gasteiger partial charge in [-0.25, -0.2) is 4.98 Å². The molecule has 1 aromatic rings. The number of nitrogens with two attached hydrogens (primary N) is 1. The predicted molar refractivity (Wildman–Crippen MR) is 73.8 cm³/mol. The highest BCUT2D eigenvalue weighted by molar-refractivity contribution is 8.16. The molecule has 0 amide bonds. The van der Waals surface area contributed by atoms with Crippen molar-refractivity contribution in [2.24, 2.45) is 5.10 Å². The van der Waals surface area contributed by atoms with Crippen molar-refractivity contribution in [3.8, 4) is 0 Å². The van der Waals surface area contributed by atoms with Gasteiger partial charge in [-0.1, -0.05) is 11.8 Å². The highest BCUT2D eigenvalue weighted by Gasteiger charge is 2.34. The van der Waals surface area contributed by atoms with Crippen LogP contribution in [0.15, 0.2) is 11.2 Å². The number of ketones is 2. The van der Waals surface area contributed by atoms with Crippen LogP contribution in [-0.2, 0) is 9.59 Å². The van der Waals surface area contributed by atoms with Crippen LogP contribution in [0.25, 0.3) is 0 Å². The molecule has 1 aromatic heterocycles. The molecule has 0 bridgehead atoms. The van der Waals surface area contributed by atoms with Crippen molar-refractivity contribution in [1.29, 1.82) is 0 Å². The zero-order chi connectivity index (χ0) is 14.2. The van der Waals surface area contributed by atoms with Crippen LogP contribution in [0.2, 0.25) is 0 Å². The summed E-state index contributed by atoms with van der Waals surface area (Å²) in [7, 11) is 0. The molecule has 1 aliphatic heterocycles. The SMILES string of the molecule is CC(=O)C(SC1=NN1c1cc(C)nc(N)n1)C(C)=O. The van der Waals surface area contributed by atoms with E-state index in [-0.39, 0.29) is 17.5 Å². The number of aryl methyl sites for hydroxylation is 1. The van der Waals surface area contributed by atoms with E-state index in [0.717, 1.165) is 17.5 Å². The lowest BCUT2D eigenvalue weighted by molar-refractivity contribution is -0.123. The fourth-order valence-corrected chi connectivity index (χ4v) is 2.39. The number of hydrazone groups is 1. The first kappa shape index (κ1) is 13.5. The third-order valence-corrected chi connectivity index (χ3v) is 3.73. The molecule has 0 saturated carbocycles. The quantitative estimate of drug-likeness (QED) is 0.811. The van der Waals surface area contributed by atoms with E-state index in [0.29, 0.717) is 11.0 Å². The second-order valence-electron chi connectivity index (χ2n) is 4.14. The van der Waals surface area contributed by atoms with Crippen LogP contribution in [-0.4, -0.2) is 32.0 Å². The number of carbonyl (C=O) groups excluding carboxylic acids is 2. The number of hydrogen-bond donors (Lipinski definition) is 1. The van der Waals surface area contributed by atoms with Gasteiger partial charge in [0.05, 0.1) is 0 Å². The van der Waals surface area contributed by atoms with E-state index in [4.69, 9.17) is 5.73 Å². The lowest BCUT2D eigenvalue weighted by Crippen LogP contribution is -2.24. The topological polar surface area (TPSA) is 101 Å². The van der Waals surface area contributed by atoms with Gasteiger partial charge < -0.3 is 5.73 Å². The number of thioether (sulfide) groups is 1. The van der Waals surface area contributed by atoms with Crippen LogP contribution in [0, 0.1) is 6.92 Å². The minimum Gasteiger partial charge on any atom is -0.368 e. The molecule has 0 saturated heterocycles. The Bertz CT molecular complexity index is 552. The maximum atomic E-state index is 11.3. The predicted octanol–water partition coefficient (Wildman–Crippen LogP) is 0.738. The fraction of sp³-hybridized carbons (Fsp3) is 0.364. The number of hydrogen-bond acceptors (Lipinski definition) is 8. The minimum absolute atomic E-state index is 0.163. The summed E-state index contributed by atoms with van der Waals surface area (Å²) in [5, 5.41) is 5.47. The van der Waals surface area contributed by atoms with E-state index in [1.54, 1.807) is 13.0 Å². The molecule has 0 unspecified atom stereocenters. The monoisotopic (exact) mass is 279 g/mol. The second kappa shape index (κ2) is 4.96. The van der Waals surface area contributed by atoms with E-state index < -0.39 is 5.25 Å². The largest absolute Gasteiger partial charge is 0.368 e. The number of rotatable bonds is 4. The molecule has 100 valence electrons. The standard InChI is InChI=1S/C11H13N5O2S/c1-5-4-8(14-10(12)13-5)16-11(15-16)19-9(6(2)17)7(3)18/h4,9H,1-3H3,(H2,12,13,14).